The number of rotatable bonds is 3. The van der Waals surface area contributed by atoms with E-state index in [1.54, 1.807) is 12.1 Å². The van der Waals surface area contributed by atoms with Crippen LogP contribution >= 0.6 is 27.5 Å². The van der Waals surface area contributed by atoms with E-state index in [1.165, 1.54) is 10.4 Å². The third-order valence-electron chi connectivity index (χ3n) is 3.09. The fourth-order valence-electron chi connectivity index (χ4n) is 2.02. The lowest BCUT2D eigenvalue weighted by Crippen LogP contribution is -2.30. The van der Waals surface area contributed by atoms with E-state index in [4.69, 9.17) is 17.3 Å². The molecule has 1 fully saturated rings. The quantitative estimate of drug-likeness (QED) is 0.905. The molecule has 2 rings (SSSR count). The number of hydrogen-bond donors (Lipinski definition) is 1. The molecule has 1 saturated heterocycles. The van der Waals surface area contributed by atoms with Crippen LogP contribution in [-0.4, -0.2) is 32.4 Å². The molecule has 1 atom stereocenters. The van der Waals surface area contributed by atoms with Crippen LogP contribution in [-0.2, 0) is 10.0 Å². The van der Waals surface area contributed by atoms with Crippen LogP contribution in [0.25, 0.3) is 0 Å². The molecular weight excluding hydrogens is 340 g/mol. The van der Waals surface area contributed by atoms with E-state index < -0.39 is 10.0 Å². The van der Waals surface area contributed by atoms with Crippen LogP contribution in [0, 0.1) is 5.92 Å². The summed E-state index contributed by atoms with van der Waals surface area (Å²) in [7, 11) is -3.52. The average molecular weight is 354 g/mol. The van der Waals surface area contributed by atoms with Gasteiger partial charge < -0.3 is 5.73 Å². The Morgan fingerprint density at radius 2 is 2.22 bits per heavy atom. The number of halogens is 2. The van der Waals surface area contributed by atoms with Crippen LogP contribution in [0.2, 0.25) is 5.02 Å². The van der Waals surface area contributed by atoms with Crippen molar-refractivity contribution < 1.29 is 8.42 Å². The first-order valence-electron chi connectivity index (χ1n) is 5.60. The maximum atomic E-state index is 12.4. The van der Waals surface area contributed by atoms with Gasteiger partial charge in [0.1, 0.15) is 4.90 Å². The summed E-state index contributed by atoms with van der Waals surface area (Å²) < 4.78 is 27.0. The number of nitrogens with two attached hydrogens (primary N) is 1. The lowest BCUT2D eigenvalue weighted by Gasteiger charge is -2.17. The van der Waals surface area contributed by atoms with Crippen molar-refractivity contribution in [2.75, 3.05) is 19.6 Å². The molecule has 1 aromatic rings. The molecule has 1 unspecified atom stereocenters. The van der Waals surface area contributed by atoms with Crippen molar-refractivity contribution >= 4 is 37.6 Å². The maximum absolute atomic E-state index is 12.4. The molecule has 1 aliphatic heterocycles. The van der Waals surface area contributed by atoms with E-state index >= 15 is 0 Å². The standard InChI is InChI=1S/C11H14BrClN2O2S/c12-9-1-2-10(13)11(5-9)18(16,17)15-4-3-8(6-14)7-15/h1-2,5,8H,3-4,6-7,14H2. The summed E-state index contributed by atoms with van der Waals surface area (Å²) in [6.45, 7) is 1.49. The molecule has 0 aromatic heterocycles. The molecule has 0 amide bonds. The fourth-order valence-corrected chi connectivity index (χ4v) is 4.57. The molecule has 1 aromatic carbocycles. The van der Waals surface area contributed by atoms with Crippen molar-refractivity contribution in [2.24, 2.45) is 11.7 Å². The van der Waals surface area contributed by atoms with Gasteiger partial charge >= 0.3 is 0 Å². The SMILES string of the molecule is NCC1CCN(S(=O)(=O)c2cc(Br)ccc2Cl)C1. The number of nitrogens with zero attached hydrogens (tertiary/aromatic N) is 1. The summed E-state index contributed by atoms with van der Waals surface area (Å²) in [5.74, 6) is 0.241. The molecule has 7 heteroatoms. The van der Waals surface area contributed by atoms with E-state index in [0.29, 0.717) is 24.1 Å². The minimum absolute atomic E-state index is 0.149. The minimum Gasteiger partial charge on any atom is -0.330 e. The number of sulfonamides is 1. The molecule has 18 heavy (non-hydrogen) atoms. The third-order valence-corrected chi connectivity index (χ3v) is 5.93. The van der Waals surface area contributed by atoms with Gasteiger partial charge in [-0.1, -0.05) is 27.5 Å². The molecule has 2 N–H and O–H groups in total. The van der Waals surface area contributed by atoms with Gasteiger partial charge in [-0.2, -0.15) is 4.31 Å². The summed E-state index contributed by atoms with van der Waals surface area (Å²) in [5.41, 5.74) is 5.58. The first-order valence-corrected chi connectivity index (χ1v) is 8.21. The number of benzene rings is 1. The summed E-state index contributed by atoms with van der Waals surface area (Å²) >= 11 is 9.24. The summed E-state index contributed by atoms with van der Waals surface area (Å²) in [5, 5.41) is 0.245. The van der Waals surface area contributed by atoms with Crippen LogP contribution in [0.4, 0.5) is 0 Å². The second-order valence-corrected chi connectivity index (χ2v) is 7.56. The van der Waals surface area contributed by atoms with Gasteiger partial charge in [0.25, 0.3) is 0 Å². The topological polar surface area (TPSA) is 63.4 Å². The van der Waals surface area contributed by atoms with E-state index in [0.717, 1.165) is 6.42 Å². The van der Waals surface area contributed by atoms with Gasteiger partial charge in [-0.15, -0.1) is 0 Å². The number of hydrogen-bond acceptors (Lipinski definition) is 3. The summed E-state index contributed by atoms with van der Waals surface area (Å²) in [4.78, 5) is 0.149. The van der Waals surface area contributed by atoms with Crippen molar-refractivity contribution in [3.63, 3.8) is 0 Å². The van der Waals surface area contributed by atoms with Crippen LogP contribution in [0.5, 0.6) is 0 Å². The minimum atomic E-state index is -3.52. The molecule has 100 valence electrons. The first kappa shape index (κ1) is 14.3. The van der Waals surface area contributed by atoms with Crippen LogP contribution in [0.15, 0.2) is 27.6 Å². The van der Waals surface area contributed by atoms with Crippen LogP contribution < -0.4 is 5.73 Å². The summed E-state index contributed by atoms with van der Waals surface area (Å²) in [6, 6.07) is 4.83. The first-order chi connectivity index (χ1) is 8.45. The second kappa shape index (κ2) is 5.46. The van der Waals surface area contributed by atoms with Gasteiger partial charge in [-0.05, 0) is 37.1 Å². The average Bonchev–Trinajstić information content (AvgIpc) is 2.81. The molecule has 4 nitrogen and oxygen atoms in total. The van der Waals surface area contributed by atoms with E-state index in [2.05, 4.69) is 15.9 Å². The molecule has 0 bridgehead atoms. The van der Waals surface area contributed by atoms with Gasteiger partial charge in [0.15, 0.2) is 0 Å². The third kappa shape index (κ3) is 2.72. The smallest absolute Gasteiger partial charge is 0.244 e. The van der Waals surface area contributed by atoms with Crippen molar-refractivity contribution in [1.29, 1.82) is 0 Å². The van der Waals surface area contributed by atoms with E-state index in [-0.39, 0.29) is 15.8 Å². The van der Waals surface area contributed by atoms with Crippen molar-refractivity contribution in [1.82, 2.24) is 4.31 Å². The molecule has 0 saturated carbocycles. The molecule has 1 aliphatic rings. The molecule has 0 spiro atoms. The zero-order valence-electron chi connectivity index (χ0n) is 9.64. The fraction of sp³-hybridized carbons (Fsp3) is 0.455. The Hall–Kier alpha value is -0.140. The molecule has 0 aliphatic carbocycles. The normalized spacial score (nSPS) is 21.4. The molecule has 0 radical (unpaired) electrons. The molecular formula is C11H14BrClN2O2S. The Morgan fingerprint density at radius 3 is 2.83 bits per heavy atom. The van der Waals surface area contributed by atoms with Crippen molar-refractivity contribution in [3.05, 3.63) is 27.7 Å². The van der Waals surface area contributed by atoms with E-state index in [9.17, 15) is 8.42 Å². The highest BCUT2D eigenvalue weighted by Crippen LogP contribution is 2.30. The monoisotopic (exact) mass is 352 g/mol. The van der Waals surface area contributed by atoms with Crippen molar-refractivity contribution in [3.8, 4) is 0 Å². The maximum Gasteiger partial charge on any atom is 0.244 e. The van der Waals surface area contributed by atoms with Gasteiger partial charge in [0, 0.05) is 17.6 Å². The zero-order chi connectivity index (χ0) is 13.3. The summed E-state index contributed by atoms with van der Waals surface area (Å²) in [6.07, 6.45) is 0.807. The van der Waals surface area contributed by atoms with Gasteiger partial charge in [-0.25, -0.2) is 8.42 Å². The largest absolute Gasteiger partial charge is 0.330 e. The van der Waals surface area contributed by atoms with Crippen molar-refractivity contribution in [2.45, 2.75) is 11.3 Å². The Balaban J connectivity index is 2.34. The Kier molecular flexibility index (Phi) is 4.33. The van der Waals surface area contributed by atoms with Crippen LogP contribution in [0.1, 0.15) is 6.42 Å². The highest BCUT2D eigenvalue weighted by Gasteiger charge is 2.33. The van der Waals surface area contributed by atoms with Gasteiger partial charge in [0.2, 0.25) is 10.0 Å². The zero-order valence-corrected chi connectivity index (χ0v) is 12.8. The Bertz CT molecular complexity index is 550. The molecule has 1 heterocycles. The lowest BCUT2D eigenvalue weighted by molar-refractivity contribution is 0.459. The van der Waals surface area contributed by atoms with Gasteiger partial charge in [0.05, 0.1) is 5.02 Å². The lowest BCUT2D eigenvalue weighted by atomic mass is 10.1. The van der Waals surface area contributed by atoms with E-state index in [1.807, 2.05) is 0 Å². The highest BCUT2D eigenvalue weighted by molar-refractivity contribution is 9.10. The second-order valence-electron chi connectivity index (χ2n) is 4.33. The van der Waals surface area contributed by atoms with Crippen LogP contribution in [0.3, 0.4) is 0 Å². The Labute approximate surface area is 120 Å². The predicted octanol–water partition coefficient (Wildman–Crippen LogP) is 2.07. The van der Waals surface area contributed by atoms with Gasteiger partial charge in [-0.3, -0.25) is 0 Å². The predicted molar refractivity (Wildman–Crippen MR) is 75.1 cm³/mol. The highest BCUT2D eigenvalue weighted by atomic mass is 79.9. The Morgan fingerprint density at radius 1 is 1.50 bits per heavy atom.